The molecule has 0 aliphatic carbocycles. The van der Waals surface area contributed by atoms with Gasteiger partial charge < -0.3 is 43.4 Å². The number of aliphatic carboxylic acids is 1. The van der Waals surface area contributed by atoms with Gasteiger partial charge in [-0.1, -0.05) is 0 Å². The van der Waals surface area contributed by atoms with Gasteiger partial charge in [0.1, 0.15) is 18.1 Å². The number of nitrogens with one attached hydrogen (secondary N) is 3. The summed E-state index contributed by atoms with van der Waals surface area (Å²) in [5.41, 5.74) is 15.4. The maximum Gasteiger partial charge on any atom is 0.326 e. The smallest absolute Gasteiger partial charge is 0.326 e. The molecule has 0 fully saturated rings. The molecule has 0 aromatic rings. The fraction of sp³-hybridized carbons (Fsp3) is 0.647. The maximum absolute atomic E-state index is 12.6. The Morgan fingerprint density at radius 1 is 0.844 bits per heavy atom. The number of hydrogen-bond acceptors (Lipinski definition) is 9. The fourth-order valence-corrected chi connectivity index (χ4v) is 2.85. The van der Waals surface area contributed by atoms with Gasteiger partial charge in [-0.25, -0.2) is 4.79 Å². The van der Waals surface area contributed by atoms with E-state index in [1.54, 1.807) is 6.26 Å². The first-order chi connectivity index (χ1) is 14.9. The van der Waals surface area contributed by atoms with Crippen molar-refractivity contribution in [3.8, 4) is 0 Å². The molecular weight excluding hydrogens is 448 g/mol. The van der Waals surface area contributed by atoms with Crippen LogP contribution >= 0.6 is 11.8 Å². The van der Waals surface area contributed by atoms with Crippen molar-refractivity contribution in [3.05, 3.63) is 0 Å². The van der Waals surface area contributed by atoms with E-state index < -0.39 is 72.7 Å². The van der Waals surface area contributed by atoms with Crippen molar-refractivity contribution in [2.24, 2.45) is 17.2 Å². The number of hydrogen-bond donors (Lipinski definition) is 8. The van der Waals surface area contributed by atoms with Gasteiger partial charge in [-0.05, 0) is 24.9 Å². The molecule has 0 aliphatic rings. The number of aliphatic hydroxyl groups excluding tert-OH is 1. The average Bonchev–Trinajstić information content (AvgIpc) is 2.70. The number of nitrogens with two attached hydrogens (primary N) is 3. The van der Waals surface area contributed by atoms with Crippen LogP contribution in [0, 0.1) is 0 Å². The minimum Gasteiger partial charge on any atom is -0.480 e. The first-order valence-electron chi connectivity index (χ1n) is 9.48. The van der Waals surface area contributed by atoms with Gasteiger partial charge in [0, 0.05) is 6.42 Å². The van der Waals surface area contributed by atoms with Crippen molar-refractivity contribution < 1.29 is 39.0 Å². The highest BCUT2D eigenvalue weighted by Gasteiger charge is 2.30. The Hall–Kier alpha value is -2.91. The van der Waals surface area contributed by atoms with E-state index in [-0.39, 0.29) is 19.3 Å². The average molecular weight is 479 g/mol. The number of carboxylic acid groups (broad SMARTS) is 1. The third-order valence-electron chi connectivity index (χ3n) is 4.11. The molecule has 0 radical (unpaired) electrons. The van der Waals surface area contributed by atoms with Crippen LogP contribution in [0.15, 0.2) is 0 Å². The summed E-state index contributed by atoms with van der Waals surface area (Å²) in [6.07, 6.45) is 0.858. The normalized spacial score (nSPS) is 14.3. The number of primary amides is 2. The van der Waals surface area contributed by atoms with Gasteiger partial charge in [0.05, 0.1) is 19.1 Å². The zero-order valence-corrected chi connectivity index (χ0v) is 18.4. The molecule has 14 nitrogen and oxygen atoms in total. The SMILES string of the molecule is CSCCC(NC(=O)C(CO)NC(=O)C(N)CC(N)=O)C(=O)NC(CCC(N)=O)C(=O)O. The summed E-state index contributed by atoms with van der Waals surface area (Å²) in [5, 5.41) is 25.4. The molecule has 4 unspecified atom stereocenters. The van der Waals surface area contributed by atoms with Crippen LogP contribution in [0.2, 0.25) is 0 Å². The summed E-state index contributed by atoms with van der Waals surface area (Å²) in [6.45, 7) is -0.839. The highest BCUT2D eigenvalue weighted by molar-refractivity contribution is 7.98. The second kappa shape index (κ2) is 15.0. The Morgan fingerprint density at radius 3 is 1.84 bits per heavy atom. The quantitative estimate of drug-likeness (QED) is 0.106. The second-order valence-electron chi connectivity index (χ2n) is 6.77. The van der Waals surface area contributed by atoms with Gasteiger partial charge in [0.2, 0.25) is 29.5 Å². The molecule has 32 heavy (non-hydrogen) atoms. The van der Waals surface area contributed by atoms with Gasteiger partial charge in [0.25, 0.3) is 0 Å². The number of aliphatic hydroxyl groups is 1. The van der Waals surface area contributed by atoms with Gasteiger partial charge in [-0.15, -0.1) is 0 Å². The van der Waals surface area contributed by atoms with Crippen LogP contribution in [-0.2, 0) is 28.8 Å². The minimum atomic E-state index is -1.49. The second-order valence-corrected chi connectivity index (χ2v) is 7.75. The van der Waals surface area contributed by atoms with Crippen molar-refractivity contribution in [1.82, 2.24) is 16.0 Å². The van der Waals surface area contributed by atoms with Crippen LogP contribution < -0.4 is 33.2 Å². The van der Waals surface area contributed by atoms with E-state index in [4.69, 9.17) is 17.2 Å². The van der Waals surface area contributed by atoms with Crippen LogP contribution in [0.4, 0.5) is 0 Å². The molecule has 0 spiro atoms. The molecule has 0 saturated heterocycles. The Kier molecular flexibility index (Phi) is 13.6. The Balaban J connectivity index is 5.23. The lowest BCUT2D eigenvalue weighted by molar-refractivity contribution is -0.142. The van der Waals surface area contributed by atoms with E-state index >= 15 is 0 Å². The molecular formula is C17H30N6O8S. The van der Waals surface area contributed by atoms with Crippen LogP contribution in [0.5, 0.6) is 0 Å². The summed E-state index contributed by atoms with van der Waals surface area (Å²) >= 11 is 1.36. The molecule has 5 amide bonds. The van der Waals surface area contributed by atoms with Crippen molar-refractivity contribution in [1.29, 1.82) is 0 Å². The number of rotatable bonds is 16. The van der Waals surface area contributed by atoms with Crippen LogP contribution in [0.3, 0.4) is 0 Å². The predicted molar refractivity (Wildman–Crippen MR) is 114 cm³/mol. The number of carbonyl (C=O) groups excluding carboxylic acids is 5. The first-order valence-corrected chi connectivity index (χ1v) is 10.9. The topological polar surface area (TPSA) is 257 Å². The lowest BCUT2D eigenvalue weighted by atomic mass is 10.1. The summed E-state index contributed by atoms with van der Waals surface area (Å²) in [5.74, 6) is -5.24. The lowest BCUT2D eigenvalue weighted by Gasteiger charge is -2.24. The maximum atomic E-state index is 12.6. The number of amides is 5. The molecule has 182 valence electrons. The largest absolute Gasteiger partial charge is 0.480 e. The lowest BCUT2D eigenvalue weighted by Crippen LogP contribution is -2.58. The van der Waals surface area contributed by atoms with Crippen LogP contribution in [0.1, 0.15) is 25.7 Å². The Labute approximate surface area is 188 Å². The van der Waals surface area contributed by atoms with E-state index in [2.05, 4.69) is 16.0 Å². The standard InChI is InChI=1S/C17H30N6O8S/c1-32-5-4-9(15(28)22-10(17(30)31)2-3-12(19)25)21-16(29)11(7-24)23-14(27)8(18)6-13(20)26/h8-11,24H,2-7,18H2,1H3,(H2,19,25)(H2,20,26)(H,21,29)(H,22,28)(H,23,27)(H,30,31). The van der Waals surface area contributed by atoms with Crippen LogP contribution in [-0.4, -0.2) is 88.5 Å². The molecule has 0 saturated carbocycles. The molecule has 0 aromatic carbocycles. The van der Waals surface area contributed by atoms with E-state index in [0.717, 1.165) is 0 Å². The van der Waals surface area contributed by atoms with E-state index in [1.807, 2.05) is 0 Å². The molecule has 0 aromatic heterocycles. The third-order valence-corrected chi connectivity index (χ3v) is 4.75. The van der Waals surface area contributed by atoms with Crippen molar-refractivity contribution in [3.63, 3.8) is 0 Å². The first kappa shape index (κ1) is 29.1. The van der Waals surface area contributed by atoms with E-state index in [0.29, 0.717) is 5.75 Å². The van der Waals surface area contributed by atoms with E-state index in [9.17, 15) is 39.0 Å². The highest BCUT2D eigenvalue weighted by atomic mass is 32.2. The molecule has 0 bridgehead atoms. The highest BCUT2D eigenvalue weighted by Crippen LogP contribution is 2.05. The van der Waals surface area contributed by atoms with Gasteiger partial charge in [-0.3, -0.25) is 24.0 Å². The van der Waals surface area contributed by atoms with Crippen molar-refractivity contribution in [2.75, 3.05) is 18.6 Å². The molecule has 0 heterocycles. The predicted octanol–water partition coefficient (Wildman–Crippen LogP) is -4.26. The molecule has 0 aliphatic heterocycles. The molecule has 0 rings (SSSR count). The van der Waals surface area contributed by atoms with E-state index in [1.165, 1.54) is 11.8 Å². The number of carboxylic acids is 1. The summed E-state index contributed by atoms with van der Waals surface area (Å²) in [4.78, 5) is 70.1. The zero-order chi connectivity index (χ0) is 24.8. The summed E-state index contributed by atoms with van der Waals surface area (Å²) in [7, 11) is 0. The minimum absolute atomic E-state index is 0.105. The Morgan fingerprint density at radius 2 is 1.38 bits per heavy atom. The van der Waals surface area contributed by atoms with Crippen LogP contribution in [0.25, 0.3) is 0 Å². The molecule has 15 heteroatoms. The summed E-state index contributed by atoms with van der Waals surface area (Å²) < 4.78 is 0. The molecule has 4 atom stereocenters. The van der Waals surface area contributed by atoms with Gasteiger partial charge in [-0.2, -0.15) is 11.8 Å². The van der Waals surface area contributed by atoms with Crippen molar-refractivity contribution in [2.45, 2.75) is 49.9 Å². The zero-order valence-electron chi connectivity index (χ0n) is 17.5. The number of carbonyl (C=O) groups is 6. The molecule has 11 N–H and O–H groups in total. The third kappa shape index (κ3) is 11.5. The fourth-order valence-electron chi connectivity index (χ4n) is 2.38. The monoisotopic (exact) mass is 478 g/mol. The Bertz CT molecular complexity index is 707. The van der Waals surface area contributed by atoms with Gasteiger partial charge >= 0.3 is 5.97 Å². The van der Waals surface area contributed by atoms with Gasteiger partial charge in [0.15, 0.2) is 0 Å². The van der Waals surface area contributed by atoms with Crippen molar-refractivity contribution >= 4 is 47.3 Å². The number of thioether (sulfide) groups is 1. The summed E-state index contributed by atoms with van der Waals surface area (Å²) in [6, 6.07) is -5.44.